The van der Waals surface area contributed by atoms with Crippen LogP contribution in [-0.4, -0.2) is 8.42 Å². The van der Waals surface area contributed by atoms with Gasteiger partial charge in [-0.1, -0.05) is 6.07 Å². The van der Waals surface area contributed by atoms with E-state index in [-0.39, 0.29) is 5.69 Å². The average Bonchev–Trinajstić information content (AvgIpc) is 2.37. The summed E-state index contributed by atoms with van der Waals surface area (Å²) in [7, 11) is -4.27. The largest absolute Gasteiger partial charge is 0.397 e. The van der Waals surface area contributed by atoms with Crippen molar-refractivity contribution in [3.63, 3.8) is 0 Å². The molecule has 20 heavy (non-hydrogen) atoms. The second kappa shape index (κ2) is 5.04. The van der Waals surface area contributed by atoms with Crippen molar-refractivity contribution in [2.45, 2.75) is 4.90 Å². The first kappa shape index (κ1) is 14.2. The zero-order chi connectivity index (χ0) is 14.9. The molecule has 2 aromatic rings. The van der Waals surface area contributed by atoms with Gasteiger partial charge in [0.25, 0.3) is 10.0 Å². The van der Waals surface area contributed by atoms with Crippen molar-refractivity contribution >= 4 is 21.4 Å². The first-order valence-corrected chi connectivity index (χ1v) is 6.81. The Bertz CT molecular complexity index is 743. The van der Waals surface area contributed by atoms with Crippen molar-refractivity contribution in [1.82, 2.24) is 0 Å². The van der Waals surface area contributed by atoms with E-state index in [0.717, 1.165) is 12.1 Å². The van der Waals surface area contributed by atoms with Gasteiger partial charge in [0.05, 0.1) is 10.6 Å². The predicted octanol–water partition coefficient (Wildman–Crippen LogP) is 2.49. The molecule has 2 rings (SSSR count). The summed E-state index contributed by atoms with van der Waals surface area (Å²) >= 11 is 0. The van der Waals surface area contributed by atoms with E-state index in [4.69, 9.17) is 5.73 Å². The number of hydrogen-bond acceptors (Lipinski definition) is 3. The Balaban J connectivity index is 2.43. The normalized spacial score (nSPS) is 11.3. The fraction of sp³-hybridized carbons (Fsp3) is 0. The van der Waals surface area contributed by atoms with E-state index >= 15 is 0 Å². The molecule has 0 heterocycles. The van der Waals surface area contributed by atoms with Crippen LogP contribution in [0.3, 0.4) is 0 Å². The summed E-state index contributed by atoms with van der Waals surface area (Å²) in [6.45, 7) is 0. The van der Waals surface area contributed by atoms with Gasteiger partial charge in [0, 0.05) is 0 Å². The van der Waals surface area contributed by atoms with Crippen molar-refractivity contribution in [3.05, 3.63) is 53.8 Å². The van der Waals surface area contributed by atoms with Gasteiger partial charge < -0.3 is 5.73 Å². The Labute approximate surface area is 113 Å². The number of nitrogen functional groups attached to an aromatic ring is 1. The average molecular weight is 302 g/mol. The molecule has 0 saturated heterocycles. The van der Waals surface area contributed by atoms with E-state index in [1.54, 1.807) is 0 Å². The summed E-state index contributed by atoms with van der Waals surface area (Å²) in [5, 5.41) is 0. The molecule has 0 radical (unpaired) electrons. The molecule has 0 fully saturated rings. The highest BCUT2D eigenvalue weighted by Gasteiger charge is 2.19. The lowest BCUT2D eigenvalue weighted by molar-refractivity contribution is 0.504. The van der Waals surface area contributed by atoms with Gasteiger partial charge in [-0.2, -0.15) is 0 Å². The Morgan fingerprint density at radius 2 is 1.65 bits per heavy atom. The van der Waals surface area contributed by atoms with Gasteiger partial charge in [-0.25, -0.2) is 21.6 Å². The van der Waals surface area contributed by atoms with Crippen molar-refractivity contribution in [2.75, 3.05) is 10.5 Å². The highest BCUT2D eigenvalue weighted by atomic mass is 32.2. The van der Waals surface area contributed by atoms with Crippen molar-refractivity contribution in [1.29, 1.82) is 0 Å². The Morgan fingerprint density at radius 1 is 0.950 bits per heavy atom. The third-order valence-corrected chi connectivity index (χ3v) is 3.83. The van der Waals surface area contributed by atoms with Crippen LogP contribution in [0.1, 0.15) is 0 Å². The predicted molar refractivity (Wildman–Crippen MR) is 68.0 cm³/mol. The smallest absolute Gasteiger partial charge is 0.262 e. The molecule has 106 valence electrons. The van der Waals surface area contributed by atoms with E-state index < -0.39 is 38.1 Å². The van der Waals surface area contributed by atoms with Crippen molar-refractivity contribution < 1.29 is 21.6 Å². The van der Waals surface area contributed by atoms with Gasteiger partial charge in [0.15, 0.2) is 11.6 Å². The number of anilines is 2. The van der Waals surface area contributed by atoms with Crippen LogP contribution < -0.4 is 10.5 Å². The number of halogens is 3. The van der Waals surface area contributed by atoms with Crippen LogP contribution in [0, 0.1) is 17.5 Å². The van der Waals surface area contributed by atoms with Crippen LogP contribution in [-0.2, 0) is 10.0 Å². The molecule has 8 heteroatoms. The van der Waals surface area contributed by atoms with Crippen LogP contribution >= 0.6 is 0 Å². The molecule has 0 unspecified atom stereocenters. The third-order valence-electron chi connectivity index (χ3n) is 2.48. The number of nitrogens with two attached hydrogens (primary N) is 1. The molecule has 0 aromatic heterocycles. The van der Waals surface area contributed by atoms with E-state index in [2.05, 4.69) is 0 Å². The zero-order valence-corrected chi connectivity index (χ0v) is 10.7. The number of nitrogens with one attached hydrogen (secondary N) is 1. The molecule has 0 amide bonds. The Morgan fingerprint density at radius 3 is 2.25 bits per heavy atom. The first-order valence-electron chi connectivity index (χ1n) is 5.33. The molecular weight excluding hydrogens is 293 g/mol. The lowest BCUT2D eigenvalue weighted by Gasteiger charge is -2.11. The van der Waals surface area contributed by atoms with E-state index in [9.17, 15) is 21.6 Å². The summed E-state index contributed by atoms with van der Waals surface area (Å²) in [6.07, 6.45) is 0. The number of benzene rings is 2. The molecule has 3 N–H and O–H groups in total. The molecule has 0 spiro atoms. The lowest BCUT2D eigenvalue weighted by atomic mass is 10.3. The topological polar surface area (TPSA) is 72.2 Å². The number of hydrogen-bond donors (Lipinski definition) is 2. The quantitative estimate of drug-likeness (QED) is 0.856. The van der Waals surface area contributed by atoms with Crippen LogP contribution in [0.5, 0.6) is 0 Å². The standard InChI is InChI=1S/C12H9F3N2O2S/c13-8-5-4-7(6-10(8)15)20(18,19)17-12-9(14)2-1-3-11(12)16/h1-6,17H,16H2. The summed E-state index contributed by atoms with van der Waals surface area (Å²) in [5.41, 5.74) is 4.88. The number of sulfonamides is 1. The minimum absolute atomic E-state index is 0.129. The molecule has 0 atom stereocenters. The van der Waals surface area contributed by atoms with Crippen LogP contribution in [0.4, 0.5) is 24.5 Å². The third kappa shape index (κ3) is 2.69. The Hall–Kier alpha value is -2.22. The van der Waals surface area contributed by atoms with Crippen LogP contribution in [0.2, 0.25) is 0 Å². The maximum absolute atomic E-state index is 13.5. The highest BCUT2D eigenvalue weighted by molar-refractivity contribution is 7.92. The van der Waals surface area contributed by atoms with Gasteiger partial charge >= 0.3 is 0 Å². The minimum Gasteiger partial charge on any atom is -0.397 e. The fourth-order valence-corrected chi connectivity index (χ4v) is 2.59. The highest BCUT2D eigenvalue weighted by Crippen LogP contribution is 2.25. The first-order chi connectivity index (χ1) is 9.31. The summed E-state index contributed by atoms with van der Waals surface area (Å²) < 4.78 is 65.1. The van der Waals surface area contributed by atoms with Gasteiger partial charge in [-0.05, 0) is 30.3 Å². The maximum Gasteiger partial charge on any atom is 0.262 e. The lowest BCUT2D eigenvalue weighted by Crippen LogP contribution is -2.15. The zero-order valence-electron chi connectivity index (χ0n) is 9.90. The molecule has 0 bridgehead atoms. The Kier molecular flexibility index (Phi) is 3.58. The maximum atomic E-state index is 13.5. The van der Waals surface area contributed by atoms with Gasteiger partial charge in [-0.15, -0.1) is 0 Å². The monoisotopic (exact) mass is 302 g/mol. The molecule has 0 aliphatic rings. The SMILES string of the molecule is Nc1cccc(F)c1NS(=O)(=O)c1ccc(F)c(F)c1. The fourth-order valence-electron chi connectivity index (χ4n) is 1.49. The van der Waals surface area contributed by atoms with Gasteiger partial charge in [0.1, 0.15) is 11.5 Å². The molecule has 0 aliphatic heterocycles. The molecule has 2 aromatic carbocycles. The van der Waals surface area contributed by atoms with E-state index in [1.807, 2.05) is 4.72 Å². The van der Waals surface area contributed by atoms with Crippen molar-refractivity contribution in [2.24, 2.45) is 0 Å². The summed E-state index contributed by atoms with van der Waals surface area (Å²) in [6, 6.07) is 5.63. The van der Waals surface area contributed by atoms with E-state index in [0.29, 0.717) is 12.1 Å². The number of para-hydroxylation sites is 1. The molecule has 0 aliphatic carbocycles. The molecule has 4 nitrogen and oxygen atoms in total. The minimum atomic E-state index is -4.27. The molecule has 0 saturated carbocycles. The summed E-state index contributed by atoms with van der Waals surface area (Å²) in [4.78, 5) is -0.543. The molecular formula is C12H9F3N2O2S. The van der Waals surface area contributed by atoms with E-state index in [1.165, 1.54) is 12.1 Å². The van der Waals surface area contributed by atoms with Crippen LogP contribution in [0.25, 0.3) is 0 Å². The van der Waals surface area contributed by atoms with Gasteiger partial charge in [0.2, 0.25) is 0 Å². The van der Waals surface area contributed by atoms with Gasteiger partial charge in [-0.3, -0.25) is 4.72 Å². The summed E-state index contributed by atoms with van der Waals surface area (Å²) in [5.74, 6) is -3.39. The van der Waals surface area contributed by atoms with Crippen molar-refractivity contribution in [3.8, 4) is 0 Å². The van der Waals surface area contributed by atoms with Crippen LogP contribution in [0.15, 0.2) is 41.3 Å². The second-order valence-electron chi connectivity index (χ2n) is 3.89. The number of rotatable bonds is 3. The second-order valence-corrected chi connectivity index (χ2v) is 5.57.